The van der Waals surface area contributed by atoms with Gasteiger partial charge >= 0.3 is 0 Å². The number of rotatable bonds is 2. The van der Waals surface area contributed by atoms with Gasteiger partial charge in [-0.05, 0) is 53.9 Å². The van der Waals surface area contributed by atoms with Gasteiger partial charge < -0.3 is 10.5 Å². The van der Waals surface area contributed by atoms with Gasteiger partial charge in [0.15, 0.2) is 0 Å². The SMILES string of the molecule is Nc1c(Br)cc(Oc2cncc(Cl)c2)c(Br)c1Br. The molecule has 1 heterocycles. The largest absolute Gasteiger partial charge is 0.454 e. The minimum atomic E-state index is 0.511. The first-order valence-electron chi connectivity index (χ1n) is 4.70. The van der Waals surface area contributed by atoms with Crippen LogP contribution in [0.2, 0.25) is 5.02 Å². The lowest BCUT2D eigenvalue weighted by molar-refractivity contribution is 0.476. The molecule has 0 atom stereocenters. The Balaban J connectivity index is 2.41. The standard InChI is InChI=1S/C11H6Br3ClN2O/c12-7-2-8(9(13)10(14)11(7)16)18-6-1-5(15)3-17-4-6/h1-4H,16H2. The molecule has 0 aliphatic carbocycles. The zero-order chi connectivity index (χ0) is 13.3. The fraction of sp³-hybridized carbons (Fsp3) is 0. The molecule has 7 heteroatoms. The van der Waals surface area contributed by atoms with Crippen molar-refractivity contribution in [3.8, 4) is 11.5 Å². The van der Waals surface area contributed by atoms with Gasteiger partial charge in [-0.1, -0.05) is 11.6 Å². The normalized spacial score (nSPS) is 10.4. The van der Waals surface area contributed by atoms with Crippen LogP contribution < -0.4 is 10.5 Å². The van der Waals surface area contributed by atoms with Gasteiger partial charge in [0.1, 0.15) is 11.5 Å². The predicted octanol–water partition coefficient (Wildman–Crippen LogP) is 5.40. The number of ether oxygens (including phenoxy) is 1. The first-order valence-corrected chi connectivity index (χ1v) is 7.46. The van der Waals surface area contributed by atoms with Crippen molar-refractivity contribution >= 4 is 65.1 Å². The van der Waals surface area contributed by atoms with Crippen molar-refractivity contribution in [1.82, 2.24) is 4.98 Å². The topological polar surface area (TPSA) is 48.1 Å². The average Bonchev–Trinajstić information content (AvgIpc) is 2.33. The molecule has 0 unspecified atom stereocenters. The molecule has 0 aliphatic heterocycles. The zero-order valence-corrected chi connectivity index (χ0v) is 14.3. The molecule has 0 saturated heterocycles. The van der Waals surface area contributed by atoms with E-state index in [0.717, 1.165) is 13.4 Å². The van der Waals surface area contributed by atoms with Crippen molar-refractivity contribution in [2.75, 3.05) is 5.73 Å². The van der Waals surface area contributed by atoms with Crippen molar-refractivity contribution in [3.05, 3.63) is 43.0 Å². The molecule has 2 rings (SSSR count). The first kappa shape index (κ1) is 14.1. The second kappa shape index (κ2) is 5.77. The third-order valence-electron chi connectivity index (χ3n) is 2.07. The summed E-state index contributed by atoms with van der Waals surface area (Å²) < 4.78 is 7.88. The lowest BCUT2D eigenvalue weighted by Crippen LogP contribution is -1.93. The number of halogens is 4. The molecule has 3 nitrogen and oxygen atoms in total. The second-order valence-corrected chi connectivity index (χ2v) is 6.22. The second-order valence-electron chi connectivity index (χ2n) is 3.34. The smallest absolute Gasteiger partial charge is 0.147 e. The Kier molecular flexibility index (Phi) is 4.53. The number of aromatic nitrogens is 1. The van der Waals surface area contributed by atoms with Gasteiger partial charge in [-0.25, -0.2) is 0 Å². The third-order valence-corrected chi connectivity index (χ3v) is 5.07. The molecule has 0 spiro atoms. The Morgan fingerprint density at radius 1 is 1.11 bits per heavy atom. The van der Waals surface area contributed by atoms with Crippen LogP contribution in [0.25, 0.3) is 0 Å². The van der Waals surface area contributed by atoms with Gasteiger partial charge in [-0.2, -0.15) is 0 Å². The van der Waals surface area contributed by atoms with Gasteiger partial charge in [0.2, 0.25) is 0 Å². The maximum atomic E-state index is 5.86. The molecule has 0 fully saturated rings. The van der Waals surface area contributed by atoms with Crippen LogP contribution in [-0.4, -0.2) is 4.98 Å². The van der Waals surface area contributed by atoms with Crippen LogP contribution in [0.15, 0.2) is 37.9 Å². The number of nitrogen functional groups attached to an aromatic ring is 1. The van der Waals surface area contributed by atoms with Crippen LogP contribution >= 0.6 is 59.4 Å². The van der Waals surface area contributed by atoms with E-state index in [-0.39, 0.29) is 0 Å². The Labute approximate surface area is 134 Å². The summed E-state index contributed by atoms with van der Waals surface area (Å²) in [5.41, 5.74) is 6.45. The van der Waals surface area contributed by atoms with Gasteiger partial charge in [-0.15, -0.1) is 0 Å². The summed E-state index contributed by atoms with van der Waals surface area (Å²) in [7, 11) is 0. The third kappa shape index (κ3) is 2.99. The van der Waals surface area contributed by atoms with Gasteiger partial charge in [0.05, 0.1) is 25.9 Å². The Morgan fingerprint density at radius 2 is 1.83 bits per heavy atom. The highest BCUT2D eigenvalue weighted by atomic mass is 79.9. The molecule has 0 saturated carbocycles. The van der Waals surface area contributed by atoms with E-state index in [1.54, 1.807) is 18.3 Å². The minimum absolute atomic E-state index is 0.511. The van der Waals surface area contributed by atoms with Crippen LogP contribution in [0.1, 0.15) is 0 Å². The molecular weight excluding hydrogens is 451 g/mol. The van der Waals surface area contributed by atoms with Crippen LogP contribution in [0, 0.1) is 0 Å². The van der Waals surface area contributed by atoms with E-state index in [4.69, 9.17) is 22.1 Å². The maximum absolute atomic E-state index is 5.86. The van der Waals surface area contributed by atoms with E-state index >= 15 is 0 Å². The molecule has 94 valence electrons. The number of nitrogens with two attached hydrogens (primary N) is 1. The van der Waals surface area contributed by atoms with Crippen molar-refractivity contribution < 1.29 is 4.74 Å². The summed E-state index contributed by atoms with van der Waals surface area (Å²) in [5, 5.41) is 0.511. The lowest BCUT2D eigenvalue weighted by atomic mass is 10.3. The molecule has 0 aliphatic rings. The van der Waals surface area contributed by atoms with Crippen molar-refractivity contribution in [2.45, 2.75) is 0 Å². The van der Waals surface area contributed by atoms with E-state index < -0.39 is 0 Å². The number of hydrogen-bond donors (Lipinski definition) is 1. The zero-order valence-electron chi connectivity index (χ0n) is 8.75. The summed E-state index contributed by atoms with van der Waals surface area (Å²) in [6, 6.07) is 3.45. The fourth-order valence-corrected chi connectivity index (χ4v) is 2.89. The number of benzene rings is 1. The van der Waals surface area contributed by atoms with Crippen LogP contribution in [0.3, 0.4) is 0 Å². The number of hydrogen-bond acceptors (Lipinski definition) is 3. The maximum Gasteiger partial charge on any atom is 0.147 e. The van der Waals surface area contributed by atoms with E-state index in [1.807, 2.05) is 0 Å². The monoisotopic (exact) mass is 454 g/mol. The van der Waals surface area contributed by atoms with Gasteiger partial charge in [-0.3, -0.25) is 4.98 Å². The molecule has 18 heavy (non-hydrogen) atoms. The van der Waals surface area contributed by atoms with Crippen LogP contribution in [0.5, 0.6) is 11.5 Å². The van der Waals surface area contributed by atoms with Crippen LogP contribution in [-0.2, 0) is 0 Å². The summed E-state index contributed by atoms with van der Waals surface area (Å²) in [6.07, 6.45) is 3.12. The van der Waals surface area contributed by atoms with Gasteiger partial charge in [0, 0.05) is 16.7 Å². The molecule has 2 aromatic rings. The van der Waals surface area contributed by atoms with E-state index in [2.05, 4.69) is 52.8 Å². The Bertz CT molecular complexity index is 607. The summed E-state index contributed by atoms with van der Waals surface area (Å²) in [5.74, 6) is 1.15. The highest BCUT2D eigenvalue weighted by Crippen LogP contribution is 2.42. The van der Waals surface area contributed by atoms with Crippen LogP contribution in [0.4, 0.5) is 5.69 Å². The average molecular weight is 457 g/mol. The number of nitrogens with zero attached hydrogens (tertiary/aromatic N) is 1. The van der Waals surface area contributed by atoms with E-state index in [1.165, 1.54) is 6.20 Å². The molecule has 0 bridgehead atoms. The molecular formula is C11H6Br3ClN2O. The summed E-state index contributed by atoms with van der Waals surface area (Å²) in [6.45, 7) is 0. The number of anilines is 1. The Morgan fingerprint density at radius 3 is 2.50 bits per heavy atom. The lowest BCUT2D eigenvalue weighted by Gasteiger charge is -2.11. The van der Waals surface area contributed by atoms with E-state index in [9.17, 15) is 0 Å². The van der Waals surface area contributed by atoms with Crippen molar-refractivity contribution in [3.63, 3.8) is 0 Å². The van der Waals surface area contributed by atoms with Gasteiger partial charge in [0.25, 0.3) is 0 Å². The van der Waals surface area contributed by atoms with E-state index in [0.29, 0.717) is 22.2 Å². The highest BCUT2D eigenvalue weighted by molar-refractivity contribution is 9.13. The quantitative estimate of drug-likeness (QED) is 0.486. The molecule has 2 N–H and O–H groups in total. The highest BCUT2D eigenvalue weighted by Gasteiger charge is 2.13. The van der Waals surface area contributed by atoms with Crippen molar-refractivity contribution in [1.29, 1.82) is 0 Å². The number of pyridine rings is 1. The van der Waals surface area contributed by atoms with Crippen molar-refractivity contribution in [2.24, 2.45) is 0 Å². The molecule has 0 amide bonds. The Hall–Kier alpha value is -0.300. The molecule has 1 aromatic heterocycles. The summed E-state index contributed by atoms with van der Waals surface area (Å²) >= 11 is 16.0. The minimum Gasteiger partial charge on any atom is -0.454 e. The fourth-order valence-electron chi connectivity index (χ4n) is 1.24. The predicted molar refractivity (Wildman–Crippen MR) is 83.3 cm³/mol. The summed E-state index contributed by atoms with van der Waals surface area (Å²) in [4.78, 5) is 3.95. The first-order chi connectivity index (χ1) is 8.49. The molecule has 0 radical (unpaired) electrons. The molecule has 1 aromatic carbocycles.